The molecule has 3 heterocycles. The van der Waals surface area contributed by atoms with E-state index in [1.807, 2.05) is 17.6 Å². The number of benzene rings is 2. The molecule has 36 heavy (non-hydrogen) atoms. The maximum absolute atomic E-state index is 13.8. The summed E-state index contributed by atoms with van der Waals surface area (Å²) in [5.41, 5.74) is 4.21. The lowest BCUT2D eigenvalue weighted by Crippen LogP contribution is -2.27. The normalized spacial score (nSPS) is 14.4. The summed E-state index contributed by atoms with van der Waals surface area (Å²) in [4.78, 5) is 24.2. The van der Waals surface area contributed by atoms with Gasteiger partial charge in [-0.2, -0.15) is 0 Å². The van der Waals surface area contributed by atoms with Crippen molar-refractivity contribution in [3.63, 3.8) is 0 Å². The van der Waals surface area contributed by atoms with Gasteiger partial charge in [-0.15, -0.1) is 0 Å². The average Bonchev–Trinajstić information content (AvgIpc) is 3.54. The topological polar surface area (TPSA) is 63.1 Å². The fourth-order valence-electron chi connectivity index (χ4n) is 4.75. The van der Waals surface area contributed by atoms with Crippen molar-refractivity contribution >= 4 is 22.8 Å². The minimum absolute atomic E-state index is 0.0782. The number of hydrogen-bond acceptors (Lipinski definition) is 4. The fourth-order valence-corrected chi connectivity index (χ4v) is 4.75. The molecule has 1 aliphatic heterocycles. The number of hydrogen-bond donors (Lipinski definition) is 1. The number of carbonyl (C=O) groups excluding carboxylic acids is 1. The van der Waals surface area contributed by atoms with E-state index < -0.39 is 11.6 Å². The smallest absolute Gasteiger partial charge is 0.220 e. The first-order chi connectivity index (χ1) is 17.5. The summed E-state index contributed by atoms with van der Waals surface area (Å²) < 4.78 is 29.0. The Bertz CT molecular complexity index is 1360. The summed E-state index contributed by atoms with van der Waals surface area (Å²) >= 11 is 0. The molecule has 1 amide bonds. The molecule has 0 unspecified atom stereocenters. The Kier molecular flexibility index (Phi) is 6.93. The third kappa shape index (κ3) is 5.22. The van der Waals surface area contributed by atoms with Gasteiger partial charge in [0.25, 0.3) is 0 Å². The first kappa shape index (κ1) is 23.9. The van der Waals surface area contributed by atoms with Crippen LogP contribution < -0.4 is 10.2 Å². The first-order valence-corrected chi connectivity index (χ1v) is 12.4. The molecule has 0 saturated carbocycles. The summed E-state index contributed by atoms with van der Waals surface area (Å²) in [6.45, 7) is 4.45. The van der Waals surface area contributed by atoms with Gasteiger partial charge in [0.05, 0.1) is 12.6 Å². The van der Waals surface area contributed by atoms with Gasteiger partial charge < -0.3 is 14.8 Å². The van der Waals surface area contributed by atoms with Crippen molar-refractivity contribution in [1.82, 2.24) is 19.9 Å². The van der Waals surface area contributed by atoms with Crippen molar-refractivity contribution in [2.75, 3.05) is 18.0 Å². The number of pyridine rings is 1. The van der Waals surface area contributed by atoms with E-state index in [1.165, 1.54) is 24.6 Å². The van der Waals surface area contributed by atoms with Crippen LogP contribution in [0.2, 0.25) is 0 Å². The quantitative estimate of drug-likeness (QED) is 0.371. The van der Waals surface area contributed by atoms with E-state index in [0.717, 1.165) is 24.7 Å². The molecule has 0 bridgehead atoms. The predicted molar refractivity (Wildman–Crippen MR) is 136 cm³/mol. The first-order valence-electron chi connectivity index (χ1n) is 12.4. The standard InChI is InChI=1S/C28H29F2N5O/c1-19(21-7-9-22(10-8-21)34-15-2-3-16-34)32-27(36)13-12-26-33-25-5-4-14-31-28(25)35(26)18-20-6-11-23(29)24(30)17-20/h4-11,14,17,19H,2-3,12-13,15-16,18H2,1H3,(H,32,36)/t19-/m0/s1. The highest BCUT2D eigenvalue weighted by Gasteiger charge is 2.17. The highest BCUT2D eigenvalue weighted by molar-refractivity contribution is 5.77. The summed E-state index contributed by atoms with van der Waals surface area (Å²) in [7, 11) is 0. The zero-order chi connectivity index (χ0) is 25.1. The van der Waals surface area contributed by atoms with Crippen molar-refractivity contribution in [2.45, 2.75) is 45.2 Å². The Labute approximate surface area is 209 Å². The highest BCUT2D eigenvalue weighted by Crippen LogP contribution is 2.23. The molecule has 1 N–H and O–H groups in total. The van der Waals surface area contributed by atoms with E-state index in [2.05, 4.69) is 44.5 Å². The predicted octanol–water partition coefficient (Wildman–Crippen LogP) is 5.17. The molecule has 1 fully saturated rings. The van der Waals surface area contributed by atoms with Gasteiger partial charge >= 0.3 is 0 Å². The van der Waals surface area contributed by atoms with E-state index in [9.17, 15) is 13.6 Å². The number of carbonyl (C=O) groups is 1. The molecule has 0 radical (unpaired) electrons. The lowest BCUT2D eigenvalue weighted by Gasteiger charge is -2.19. The molecule has 0 aliphatic carbocycles. The number of imidazole rings is 1. The lowest BCUT2D eigenvalue weighted by molar-refractivity contribution is -0.121. The van der Waals surface area contributed by atoms with Crippen LogP contribution in [0.4, 0.5) is 14.5 Å². The summed E-state index contributed by atoms with van der Waals surface area (Å²) in [6, 6.07) is 15.8. The van der Waals surface area contributed by atoms with Crippen LogP contribution in [0.3, 0.4) is 0 Å². The van der Waals surface area contributed by atoms with Crippen LogP contribution >= 0.6 is 0 Å². The second-order valence-corrected chi connectivity index (χ2v) is 9.28. The number of halogens is 2. The van der Waals surface area contributed by atoms with Crippen molar-refractivity contribution in [2.24, 2.45) is 0 Å². The maximum Gasteiger partial charge on any atom is 0.220 e. The van der Waals surface area contributed by atoms with Gasteiger partial charge in [0.15, 0.2) is 17.3 Å². The largest absolute Gasteiger partial charge is 0.372 e. The van der Waals surface area contributed by atoms with Gasteiger partial charge in [0.2, 0.25) is 5.91 Å². The zero-order valence-electron chi connectivity index (χ0n) is 20.3. The van der Waals surface area contributed by atoms with Gasteiger partial charge in [-0.3, -0.25) is 4.79 Å². The molecule has 0 spiro atoms. The molecule has 1 saturated heterocycles. The van der Waals surface area contributed by atoms with Crippen LogP contribution in [0.25, 0.3) is 11.2 Å². The van der Waals surface area contributed by atoms with Crippen LogP contribution in [0.1, 0.15) is 49.2 Å². The molecular formula is C28H29F2N5O. The summed E-state index contributed by atoms with van der Waals surface area (Å²) in [6.07, 6.45) is 4.78. The number of anilines is 1. The van der Waals surface area contributed by atoms with Crippen LogP contribution in [-0.4, -0.2) is 33.5 Å². The lowest BCUT2D eigenvalue weighted by atomic mass is 10.1. The van der Waals surface area contributed by atoms with Gasteiger partial charge in [-0.25, -0.2) is 18.7 Å². The molecule has 6 nitrogen and oxygen atoms in total. The molecule has 8 heteroatoms. The molecule has 1 atom stereocenters. The Hall–Kier alpha value is -3.81. The number of fused-ring (bicyclic) bond motifs is 1. The number of aryl methyl sites for hydroxylation is 1. The molecule has 4 aromatic rings. The molecule has 5 rings (SSSR count). The number of amides is 1. The van der Waals surface area contributed by atoms with Crippen molar-refractivity contribution in [3.8, 4) is 0 Å². The molecule has 1 aliphatic rings. The van der Waals surface area contributed by atoms with Crippen LogP contribution in [0.5, 0.6) is 0 Å². The Balaban J connectivity index is 1.25. The van der Waals surface area contributed by atoms with Crippen molar-refractivity contribution in [1.29, 1.82) is 0 Å². The van der Waals surface area contributed by atoms with Gasteiger partial charge in [0.1, 0.15) is 11.3 Å². The fraction of sp³-hybridized carbons (Fsp3) is 0.321. The highest BCUT2D eigenvalue weighted by atomic mass is 19.2. The minimum Gasteiger partial charge on any atom is -0.372 e. The number of nitrogens with zero attached hydrogens (tertiary/aromatic N) is 4. The molecule has 2 aromatic carbocycles. The van der Waals surface area contributed by atoms with E-state index in [-0.39, 0.29) is 24.9 Å². The van der Waals surface area contributed by atoms with E-state index in [1.54, 1.807) is 18.3 Å². The van der Waals surface area contributed by atoms with Crippen LogP contribution in [0, 0.1) is 11.6 Å². The maximum atomic E-state index is 13.8. The number of aromatic nitrogens is 3. The van der Waals surface area contributed by atoms with Crippen LogP contribution in [-0.2, 0) is 17.8 Å². The zero-order valence-corrected chi connectivity index (χ0v) is 20.3. The molecule has 186 valence electrons. The van der Waals surface area contributed by atoms with Gasteiger partial charge in [0, 0.05) is 37.8 Å². The van der Waals surface area contributed by atoms with E-state index >= 15 is 0 Å². The number of rotatable bonds is 8. The van der Waals surface area contributed by atoms with E-state index in [4.69, 9.17) is 0 Å². The second-order valence-electron chi connectivity index (χ2n) is 9.28. The monoisotopic (exact) mass is 489 g/mol. The van der Waals surface area contributed by atoms with Crippen LogP contribution in [0.15, 0.2) is 60.8 Å². The second kappa shape index (κ2) is 10.4. The van der Waals surface area contributed by atoms with Crippen molar-refractivity contribution in [3.05, 3.63) is 89.4 Å². The van der Waals surface area contributed by atoms with Gasteiger partial charge in [-0.05, 0) is 67.3 Å². The Morgan fingerprint density at radius 1 is 1.06 bits per heavy atom. The molecule has 2 aromatic heterocycles. The van der Waals surface area contributed by atoms with E-state index in [0.29, 0.717) is 29.0 Å². The minimum atomic E-state index is -0.895. The Morgan fingerprint density at radius 2 is 1.83 bits per heavy atom. The molecular weight excluding hydrogens is 460 g/mol. The summed E-state index contributed by atoms with van der Waals surface area (Å²) in [5.74, 6) is -1.19. The third-order valence-electron chi connectivity index (χ3n) is 6.72. The Morgan fingerprint density at radius 3 is 2.58 bits per heavy atom. The number of nitrogens with one attached hydrogen (secondary N) is 1. The van der Waals surface area contributed by atoms with Gasteiger partial charge in [-0.1, -0.05) is 18.2 Å². The summed E-state index contributed by atoms with van der Waals surface area (Å²) in [5, 5.41) is 3.08. The SMILES string of the molecule is C[C@H](NC(=O)CCc1nc2cccnc2n1Cc1ccc(F)c(F)c1)c1ccc(N2CCCC2)cc1. The average molecular weight is 490 g/mol. The van der Waals surface area contributed by atoms with Crippen molar-refractivity contribution < 1.29 is 13.6 Å². The third-order valence-corrected chi connectivity index (χ3v) is 6.72.